The number of carbonyl (C=O) groups is 1. The molecule has 0 saturated carbocycles. The quantitative estimate of drug-likeness (QED) is 0.273. The largest absolute Gasteiger partial charge is 0.493 e. The molecule has 0 saturated heterocycles. The van der Waals surface area contributed by atoms with E-state index in [4.69, 9.17) is 30.8 Å². The number of carbonyl (C=O) groups excluding carboxylic acids is 1. The second kappa shape index (κ2) is 12.4. The Balaban J connectivity index is 1.91. The molecule has 1 aromatic heterocycles. The Morgan fingerprint density at radius 2 is 1.57 bits per heavy atom. The third kappa shape index (κ3) is 5.76. The first-order valence-corrected chi connectivity index (χ1v) is 13.1. The zero-order valence-electron chi connectivity index (χ0n) is 23.5. The molecule has 0 aliphatic carbocycles. The molecule has 0 radical (unpaired) electrons. The molecule has 0 fully saturated rings. The lowest BCUT2D eigenvalue weighted by Crippen LogP contribution is -2.41. The Bertz CT molecular complexity index is 1540. The summed E-state index contributed by atoms with van der Waals surface area (Å²) >= 11 is 6.15. The summed E-state index contributed by atoms with van der Waals surface area (Å²) in [6.45, 7) is 2.82. The first kappa shape index (κ1) is 28.9. The van der Waals surface area contributed by atoms with Crippen LogP contribution in [0.1, 0.15) is 29.1 Å². The number of para-hydroxylation sites is 1. The number of likely N-dealkylation sites (N-methyl/N-ethyl adjacent to an activating group) is 1. The molecule has 1 heterocycles. The summed E-state index contributed by atoms with van der Waals surface area (Å²) in [4.78, 5) is 36.6. The normalized spacial score (nSPS) is 11.9. The van der Waals surface area contributed by atoms with Crippen molar-refractivity contribution in [2.45, 2.75) is 13.0 Å². The predicted molar refractivity (Wildman–Crippen MR) is 156 cm³/mol. The molecule has 4 rings (SSSR count). The fraction of sp³-hybridized carbons (Fsp3) is 0.300. The SMILES string of the molecule is COc1cc(C(=O)N(CCN(C)C)C(C)c2nc3ccccc3c(=O)n2-c2ccc(Cl)cc2)cc(OC)c1OC. The van der Waals surface area contributed by atoms with E-state index < -0.39 is 6.04 Å². The van der Waals surface area contributed by atoms with Gasteiger partial charge in [0.05, 0.1) is 44.0 Å². The smallest absolute Gasteiger partial charge is 0.266 e. The maximum absolute atomic E-state index is 14.2. The molecule has 1 amide bonds. The van der Waals surface area contributed by atoms with Gasteiger partial charge < -0.3 is 24.0 Å². The highest BCUT2D eigenvalue weighted by Gasteiger charge is 2.29. The summed E-state index contributed by atoms with van der Waals surface area (Å²) in [6.07, 6.45) is 0. The Morgan fingerprint density at radius 1 is 0.950 bits per heavy atom. The summed E-state index contributed by atoms with van der Waals surface area (Å²) in [5.41, 5.74) is 1.26. The molecule has 0 spiro atoms. The van der Waals surface area contributed by atoms with Crippen molar-refractivity contribution in [3.8, 4) is 22.9 Å². The van der Waals surface area contributed by atoms with Gasteiger partial charge in [-0.05, 0) is 69.6 Å². The zero-order chi connectivity index (χ0) is 29.0. The number of halogens is 1. The summed E-state index contributed by atoms with van der Waals surface area (Å²) in [7, 11) is 8.38. The summed E-state index contributed by atoms with van der Waals surface area (Å²) in [5, 5.41) is 1.02. The molecule has 0 bridgehead atoms. The van der Waals surface area contributed by atoms with Gasteiger partial charge in [-0.2, -0.15) is 0 Å². The summed E-state index contributed by atoms with van der Waals surface area (Å²) < 4.78 is 18.0. The zero-order valence-corrected chi connectivity index (χ0v) is 24.2. The fourth-order valence-corrected chi connectivity index (χ4v) is 4.68. The van der Waals surface area contributed by atoms with E-state index in [1.165, 1.54) is 21.3 Å². The van der Waals surface area contributed by atoms with Crippen molar-refractivity contribution >= 4 is 28.4 Å². The van der Waals surface area contributed by atoms with E-state index in [-0.39, 0.29) is 11.5 Å². The summed E-state index contributed by atoms with van der Waals surface area (Å²) in [5.74, 6) is 1.27. The van der Waals surface area contributed by atoms with Gasteiger partial charge in [0.2, 0.25) is 5.75 Å². The second-order valence-corrected chi connectivity index (χ2v) is 9.93. The first-order chi connectivity index (χ1) is 19.2. The highest BCUT2D eigenvalue weighted by Crippen LogP contribution is 2.39. The minimum atomic E-state index is -0.598. The Labute approximate surface area is 238 Å². The lowest BCUT2D eigenvalue weighted by molar-refractivity contribution is 0.0666. The maximum atomic E-state index is 14.2. The van der Waals surface area contributed by atoms with Crippen molar-refractivity contribution < 1.29 is 19.0 Å². The standard InChI is InChI=1S/C30H33ClN4O5/c1-19(28-32-24-10-8-7-9-23(24)30(37)35(28)22-13-11-21(31)12-14-22)34(16-15-33(2)3)29(36)20-17-25(38-4)27(40-6)26(18-20)39-5/h7-14,17-19H,15-16H2,1-6H3. The third-order valence-corrected chi connectivity index (χ3v) is 6.94. The number of hydrogen-bond donors (Lipinski definition) is 0. The molecule has 0 N–H and O–H groups in total. The van der Waals surface area contributed by atoms with Crippen molar-refractivity contribution in [1.82, 2.24) is 19.4 Å². The minimum Gasteiger partial charge on any atom is -0.493 e. The van der Waals surface area contributed by atoms with E-state index in [1.807, 2.05) is 32.0 Å². The van der Waals surface area contributed by atoms with E-state index in [0.717, 1.165) is 0 Å². The second-order valence-electron chi connectivity index (χ2n) is 9.50. The van der Waals surface area contributed by atoms with Gasteiger partial charge in [0.25, 0.3) is 11.5 Å². The van der Waals surface area contributed by atoms with Gasteiger partial charge in [-0.15, -0.1) is 0 Å². The van der Waals surface area contributed by atoms with Gasteiger partial charge in [0.15, 0.2) is 11.5 Å². The number of ether oxygens (including phenoxy) is 3. The molecular formula is C30H33ClN4O5. The molecular weight excluding hydrogens is 532 g/mol. The van der Waals surface area contributed by atoms with Gasteiger partial charge in [0, 0.05) is 23.7 Å². The number of methoxy groups -OCH3 is 3. The number of rotatable bonds is 10. The van der Waals surface area contributed by atoms with Crippen LogP contribution in [0.2, 0.25) is 5.02 Å². The van der Waals surface area contributed by atoms with Crippen LogP contribution in [-0.2, 0) is 0 Å². The van der Waals surface area contributed by atoms with E-state index in [2.05, 4.69) is 0 Å². The van der Waals surface area contributed by atoms with Crippen LogP contribution < -0.4 is 19.8 Å². The van der Waals surface area contributed by atoms with E-state index in [0.29, 0.717) is 63.3 Å². The van der Waals surface area contributed by atoms with Gasteiger partial charge in [0.1, 0.15) is 5.82 Å². The molecule has 4 aromatic rings. The molecule has 1 unspecified atom stereocenters. The topological polar surface area (TPSA) is 86.1 Å². The van der Waals surface area contributed by atoms with Gasteiger partial charge in [-0.25, -0.2) is 4.98 Å². The van der Waals surface area contributed by atoms with Gasteiger partial charge in [-0.1, -0.05) is 23.7 Å². The first-order valence-electron chi connectivity index (χ1n) is 12.7. The molecule has 1 atom stereocenters. The predicted octanol–water partition coefficient (Wildman–Crippen LogP) is 4.83. The lowest BCUT2D eigenvalue weighted by Gasteiger charge is -2.32. The van der Waals surface area contributed by atoms with Crippen LogP contribution in [0.3, 0.4) is 0 Å². The van der Waals surface area contributed by atoms with Crippen LogP contribution in [0.25, 0.3) is 16.6 Å². The third-order valence-electron chi connectivity index (χ3n) is 6.69. The van der Waals surface area contributed by atoms with E-state index in [1.54, 1.807) is 64.1 Å². The van der Waals surface area contributed by atoms with Crippen LogP contribution in [0, 0.1) is 0 Å². The highest BCUT2D eigenvalue weighted by atomic mass is 35.5. The molecule has 10 heteroatoms. The Morgan fingerprint density at radius 3 is 2.15 bits per heavy atom. The van der Waals surface area contributed by atoms with Crippen LogP contribution in [-0.4, -0.2) is 73.8 Å². The molecule has 9 nitrogen and oxygen atoms in total. The highest BCUT2D eigenvalue weighted by molar-refractivity contribution is 6.30. The number of nitrogens with zero attached hydrogens (tertiary/aromatic N) is 4. The average Bonchev–Trinajstić information content (AvgIpc) is 2.96. The molecule has 0 aliphatic heterocycles. The number of hydrogen-bond acceptors (Lipinski definition) is 7. The molecule has 0 aliphatic rings. The van der Waals surface area contributed by atoms with Crippen molar-refractivity contribution in [2.24, 2.45) is 0 Å². The van der Waals surface area contributed by atoms with Crippen molar-refractivity contribution in [2.75, 3.05) is 48.5 Å². The Hall–Kier alpha value is -4.08. The average molecular weight is 565 g/mol. The van der Waals surface area contributed by atoms with Gasteiger partial charge >= 0.3 is 0 Å². The van der Waals surface area contributed by atoms with E-state index in [9.17, 15) is 9.59 Å². The van der Waals surface area contributed by atoms with Crippen molar-refractivity contribution in [3.63, 3.8) is 0 Å². The monoisotopic (exact) mass is 564 g/mol. The van der Waals surface area contributed by atoms with Crippen molar-refractivity contribution in [3.05, 3.63) is 87.4 Å². The summed E-state index contributed by atoms with van der Waals surface area (Å²) in [6, 6.07) is 16.8. The number of aromatic nitrogens is 2. The molecule has 40 heavy (non-hydrogen) atoms. The number of amides is 1. The lowest BCUT2D eigenvalue weighted by atomic mass is 10.1. The van der Waals surface area contributed by atoms with Crippen LogP contribution >= 0.6 is 11.6 Å². The van der Waals surface area contributed by atoms with Crippen LogP contribution in [0.5, 0.6) is 17.2 Å². The van der Waals surface area contributed by atoms with Crippen molar-refractivity contribution in [1.29, 1.82) is 0 Å². The number of benzene rings is 3. The molecule has 210 valence electrons. The van der Waals surface area contributed by atoms with Crippen LogP contribution in [0.4, 0.5) is 0 Å². The molecule has 3 aromatic carbocycles. The Kier molecular flexibility index (Phi) is 8.96. The number of fused-ring (bicyclic) bond motifs is 1. The maximum Gasteiger partial charge on any atom is 0.266 e. The van der Waals surface area contributed by atoms with E-state index >= 15 is 0 Å². The van der Waals surface area contributed by atoms with Gasteiger partial charge in [-0.3, -0.25) is 14.2 Å². The fourth-order valence-electron chi connectivity index (χ4n) is 4.56. The van der Waals surface area contributed by atoms with Crippen LogP contribution in [0.15, 0.2) is 65.5 Å². The minimum absolute atomic E-state index is 0.234.